The standard InChI is InChI=1S/C22H20N4O6/c1-12-21(26(29)30)13(2)25(24-12)10-15-6-4-5-7-16(15)22(28)23-18-9-20-19(31-11-32-20)8-17(18)14(3)27/h4-9H,10-11H2,1-3H3,(H,23,28). The number of nitro groups is 1. The van der Waals surface area contributed by atoms with Gasteiger partial charge < -0.3 is 14.8 Å². The first-order valence-electron chi connectivity index (χ1n) is 9.78. The molecule has 2 aromatic carbocycles. The van der Waals surface area contributed by atoms with Gasteiger partial charge in [-0.15, -0.1) is 0 Å². The zero-order valence-corrected chi connectivity index (χ0v) is 17.7. The van der Waals surface area contributed by atoms with Crippen molar-refractivity contribution in [2.45, 2.75) is 27.3 Å². The van der Waals surface area contributed by atoms with Crippen LogP contribution in [0, 0.1) is 24.0 Å². The van der Waals surface area contributed by atoms with Crippen molar-refractivity contribution in [3.05, 3.63) is 74.6 Å². The number of hydrogen-bond donors (Lipinski definition) is 1. The van der Waals surface area contributed by atoms with Crippen LogP contribution in [0.1, 0.15) is 44.6 Å². The number of hydrogen-bond acceptors (Lipinski definition) is 7. The van der Waals surface area contributed by atoms with Crippen LogP contribution >= 0.6 is 0 Å². The van der Waals surface area contributed by atoms with Crippen LogP contribution in [0.25, 0.3) is 0 Å². The van der Waals surface area contributed by atoms with Gasteiger partial charge in [-0.1, -0.05) is 18.2 Å². The van der Waals surface area contributed by atoms with E-state index in [2.05, 4.69) is 10.4 Å². The van der Waals surface area contributed by atoms with Gasteiger partial charge in [0.2, 0.25) is 6.79 Å². The number of fused-ring (bicyclic) bond motifs is 1. The highest BCUT2D eigenvalue weighted by atomic mass is 16.7. The Morgan fingerprint density at radius 3 is 2.50 bits per heavy atom. The van der Waals surface area contributed by atoms with E-state index in [1.807, 2.05) is 0 Å². The maximum absolute atomic E-state index is 13.1. The van der Waals surface area contributed by atoms with Gasteiger partial charge in [0.25, 0.3) is 5.91 Å². The third kappa shape index (κ3) is 3.78. The number of anilines is 1. The zero-order valence-electron chi connectivity index (χ0n) is 17.7. The highest BCUT2D eigenvalue weighted by Crippen LogP contribution is 2.37. The lowest BCUT2D eigenvalue weighted by Gasteiger charge is -2.13. The summed E-state index contributed by atoms with van der Waals surface area (Å²) in [6.07, 6.45) is 0. The van der Waals surface area contributed by atoms with Gasteiger partial charge in [-0.25, -0.2) is 0 Å². The maximum atomic E-state index is 13.1. The summed E-state index contributed by atoms with van der Waals surface area (Å²) in [5, 5.41) is 18.3. The molecule has 0 spiro atoms. The lowest BCUT2D eigenvalue weighted by atomic mass is 10.0. The fourth-order valence-electron chi connectivity index (χ4n) is 3.67. The summed E-state index contributed by atoms with van der Waals surface area (Å²) in [6.45, 7) is 4.80. The third-order valence-electron chi connectivity index (χ3n) is 5.25. The molecule has 2 heterocycles. The molecule has 32 heavy (non-hydrogen) atoms. The van der Waals surface area contributed by atoms with E-state index in [9.17, 15) is 19.7 Å². The Hall–Kier alpha value is -4.21. The molecular weight excluding hydrogens is 416 g/mol. The van der Waals surface area contributed by atoms with Gasteiger partial charge in [-0.3, -0.25) is 24.4 Å². The molecule has 0 fully saturated rings. The van der Waals surface area contributed by atoms with Gasteiger partial charge in [-0.05, 0) is 38.5 Å². The van der Waals surface area contributed by atoms with Gasteiger partial charge in [-0.2, -0.15) is 5.10 Å². The largest absolute Gasteiger partial charge is 0.454 e. The third-order valence-corrected chi connectivity index (χ3v) is 5.25. The van der Waals surface area contributed by atoms with E-state index in [0.717, 1.165) is 0 Å². The number of benzene rings is 2. The molecule has 1 aromatic heterocycles. The van der Waals surface area contributed by atoms with Crippen molar-refractivity contribution >= 4 is 23.1 Å². The number of ether oxygens (including phenoxy) is 2. The number of amides is 1. The van der Waals surface area contributed by atoms with E-state index >= 15 is 0 Å². The molecule has 1 aliphatic heterocycles. The molecule has 0 atom stereocenters. The number of Topliss-reactive ketones (excluding diaryl/α,β-unsaturated/α-hetero) is 1. The summed E-state index contributed by atoms with van der Waals surface area (Å²) in [5.74, 6) is 0.216. The normalized spacial score (nSPS) is 12.0. The second kappa shape index (κ2) is 8.14. The van der Waals surface area contributed by atoms with Crippen molar-refractivity contribution < 1.29 is 24.0 Å². The van der Waals surface area contributed by atoms with Gasteiger partial charge in [0.05, 0.1) is 17.2 Å². The molecule has 0 radical (unpaired) electrons. The average molecular weight is 436 g/mol. The Labute approximate surface area is 182 Å². The lowest BCUT2D eigenvalue weighted by molar-refractivity contribution is -0.386. The van der Waals surface area contributed by atoms with Crippen molar-refractivity contribution in [2.75, 3.05) is 12.1 Å². The molecular formula is C22H20N4O6. The van der Waals surface area contributed by atoms with E-state index in [1.54, 1.807) is 50.2 Å². The Balaban J connectivity index is 1.66. The van der Waals surface area contributed by atoms with Crippen LogP contribution in [0.4, 0.5) is 11.4 Å². The molecule has 1 amide bonds. The molecule has 0 unspecified atom stereocenters. The number of rotatable bonds is 6. The predicted octanol–water partition coefficient (Wildman–Crippen LogP) is 3.64. The van der Waals surface area contributed by atoms with Crippen LogP contribution < -0.4 is 14.8 Å². The maximum Gasteiger partial charge on any atom is 0.312 e. The second-order valence-corrected chi connectivity index (χ2v) is 7.35. The van der Waals surface area contributed by atoms with Crippen molar-refractivity contribution in [1.29, 1.82) is 0 Å². The molecule has 0 aliphatic carbocycles. The van der Waals surface area contributed by atoms with E-state index in [-0.39, 0.29) is 24.8 Å². The quantitative estimate of drug-likeness (QED) is 0.355. The van der Waals surface area contributed by atoms with E-state index in [0.29, 0.717) is 45.3 Å². The van der Waals surface area contributed by atoms with Gasteiger partial charge in [0, 0.05) is 17.2 Å². The molecule has 0 saturated carbocycles. The highest BCUT2D eigenvalue weighted by molar-refractivity contribution is 6.10. The Kier molecular flexibility index (Phi) is 5.35. The number of carbonyl (C=O) groups is 2. The minimum absolute atomic E-state index is 0.0432. The number of ketones is 1. The average Bonchev–Trinajstić information content (AvgIpc) is 3.30. The number of nitrogens with one attached hydrogen (secondary N) is 1. The molecule has 1 aliphatic rings. The van der Waals surface area contributed by atoms with Crippen molar-refractivity contribution in [1.82, 2.24) is 9.78 Å². The van der Waals surface area contributed by atoms with Gasteiger partial charge >= 0.3 is 5.69 Å². The minimum atomic E-state index is -0.463. The van der Waals surface area contributed by atoms with Gasteiger partial charge in [0.15, 0.2) is 17.3 Å². The highest BCUT2D eigenvalue weighted by Gasteiger charge is 2.24. The van der Waals surface area contributed by atoms with E-state index in [1.165, 1.54) is 11.6 Å². The van der Waals surface area contributed by atoms with Crippen LogP contribution in [0.5, 0.6) is 11.5 Å². The Bertz CT molecular complexity index is 1260. The molecule has 164 valence electrons. The van der Waals surface area contributed by atoms with Crippen LogP contribution in [0.15, 0.2) is 36.4 Å². The summed E-state index contributed by atoms with van der Waals surface area (Å²) in [6, 6.07) is 9.99. The predicted molar refractivity (Wildman–Crippen MR) is 114 cm³/mol. The number of carbonyl (C=O) groups excluding carboxylic acids is 2. The topological polar surface area (TPSA) is 126 Å². The minimum Gasteiger partial charge on any atom is -0.454 e. The molecule has 10 heteroatoms. The molecule has 4 rings (SSSR count). The monoisotopic (exact) mass is 436 g/mol. The lowest BCUT2D eigenvalue weighted by Crippen LogP contribution is -2.17. The number of nitrogens with zero attached hydrogens (tertiary/aromatic N) is 3. The van der Waals surface area contributed by atoms with Crippen LogP contribution in [-0.4, -0.2) is 33.2 Å². The van der Waals surface area contributed by atoms with Crippen molar-refractivity contribution in [3.8, 4) is 11.5 Å². The fourth-order valence-corrected chi connectivity index (χ4v) is 3.67. The molecule has 3 aromatic rings. The zero-order chi connectivity index (χ0) is 23.0. The first-order chi connectivity index (χ1) is 15.3. The van der Waals surface area contributed by atoms with E-state index in [4.69, 9.17) is 9.47 Å². The van der Waals surface area contributed by atoms with Crippen LogP contribution in [0.3, 0.4) is 0 Å². The SMILES string of the molecule is CC(=O)c1cc2c(cc1NC(=O)c1ccccc1Cn1nc(C)c([N+](=O)[O-])c1C)OCO2. The summed E-state index contributed by atoms with van der Waals surface area (Å²) in [7, 11) is 0. The first-order valence-corrected chi connectivity index (χ1v) is 9.78. The van der Waals surface area contributed by atoms with Crippen molar-refractivity contribution in [3.63, 3.8) is 0 Å². The Morgan fingerprint density at radius 1 is 1.16 bits per heavy atom. The summed E-state index contributed by atoms with van der Waals surface area (Å²) in [5.41, 5.74) is 2.25. The second-order valence-electron chi connectivity index (χ2n) is 7.35. The summed E-state index contributed by atoms with van der Waals surface area (Å²) >= 11 is 0. The summed E-state index contributed by atoms with van der Waals surface area (Å²) < 4.78 is 12.2. The number of aryl methyl sites for hydroxylation is 1. The van der Waals surface area contributed by atoms with Crippen LogP contribution in [-0.2, 0) is 6.54 Å². The Morgan fingerprint density at radius 2 is 1.84 bits per heavy atom. The van der Waals surface area contributed by atoms with Crippen molar-refractivity contribution in [2.24, 2.45) is 0 Å². The fraction of sp³-hybridized carbons (Fsp3) is 0.227. The molecule has 0 saturated heterocycles. The van der Waals surface area contributed by atoms with E-state index < -0.39 is 10.8 Å². The van der Waals surface area contributed by atoms with Crippen LogP contribution in [0.2, 0.25) is 0 Å². The molecule has 10 nitrogen and oxygen atoms in total. The smallest absolute Gasteiger partial charge is 0.312 e. The molecule has 1 N–H and O–H groups in total. The molecule has 0 bridgehead atoms. The first kappa shape index (κ1) is 21.0. The number of aromatic nitrogens is 2. The van der Waals surface area contributed by atoms with Gasteiger partial charge in [0.1, 0.15) is 11.4 Å². The summed E-state index contributed by atoms with van der Waals surface area (Å²) in [4.78, 5) is 36.1.